The molecule has 0 spiro atoms. The van der Waals surface area contributed by atoms with Gasteiger partial charge in [0.05, 0.1) is 10.2 Å². The number of aromatic nitrogens is 2. The lowest BCUT2D eigenvalue weighted by Gasteiger charge is -2.06. The quantitative estimate of drug-likeness (QED) is 0.521. The molecule has 0 fully saturated rings. The van der Waals surface area contributed by atoms with Crippen LogP contribution in [0.4, 0.5) is 5.69 Å². The molecule has 27 heavy (non-hydrogen) atoms. The fourth-order valence-electron chi connectivity index (χ4n) is 2.86. The van der Waals surface area contributed by atoms with E-state index < -0.39 is 0 Å². The molecular formula is C22H19N3OS. The van der Waals surface area contributed by atoms with E-state index >= 15 is 0 Å². The number of carbonyl (C=O) groups is 1. The molecular weight excluding hydrogens is 354 g/mol. The minimum absolute atomic E-state index is 0.0103. The van der Waals surface area contributed by atoms with Gasteiger partial charge in [-0.15, -0.1) is 11.3 Å². The van der Waals surface area contributed by atoms with Gasteiger partial charge in [-0.05, 0) is 67.4 Å². The Kier molecular flexibility index (Phi) is 4.94. The molecule has 4 nitrogen and oxygen atoms in total. The van der Waals surface area contributed by atoms with Gasteiger partial charge in [0.25, 0.3) is 0 Å². The van der Waals surface area contributed by atoms with Crippen molar-refractivity contribution in [3.63, 3.8) is 0 Å². The molecule has 0 saturated heterocycles. The van der Waals surface area contributed by atoms with Crippen LogP contribution in [0.5, 0.6) is 0 Å². The second kappa shape index (κ2) is 7.68. The van der Waals surface area contributed by atoms with Crippen molar-refractivity contribution in [2.24, 2.45) is 0 Å². The number of pyridine rings is 1. The third-order valence-electron chi connectivity index (χ3n) is 4.29. The number of fused-ring (bicyclic) bond motifs is 1. The van der Waals surface area contributed by atoms with E-state index in [0.717, 1.165) is 27.5 Å². The lowest BCUT2D eigenvalue weighted by molar-refractivity contribution is -0.116. The molecule has 0 bridgehead atoms. The van der Waals surface area contributed by atoms with Crippen molar-refractivity contribution >= 4 is 33.1 Å². The molecule has 0 aliphatic heterocycles. The first-order valence-corrected chi connectivity index (χ1v) is 9.66. The van der Waals surface area contributed by atoms with Gasteiger partial charge in [0.2, 0.25) is 5.91 Å². The van der Waals surface area contributed by atoms with Crippen LogP contribution < -0.4 is 5.32 Å². The minimum Gasteiger partial charge on any atom is -0.326 e. The Morgan fingerprint density at radius 2 is 1.93 bits per heavy atom. The number of nitrogens with zero attached hydrogens (tertiary/aromatic N) is 2. The molecule has 0 radical (unpaired) electrons. The summed E-state index contributed by atoms with van der Waals surface area (Å²) in [7, 11) is 0. The lowest BCUT2D eigenvalue weighted by Crippen LogP contribution is -2.12. The van der Waals surface area contributed by atoms with E-state index in [1.165, 1.54) is 10.3 Å². The zero-order valence-corrected chi connectivity index (χ0v) is 15.8. The van der Waals surface area contributed by atoms with Crippen molar-refractivity contribution in [1.82, 2.24) is 9.97 Å². The number of hydrogen-bond donors (Lipinski definition) is 1. The summed E-state index contributed by atoms with van der Waals surface area (Å²) in [6.45, 7) is 2.09. The Bertz CT molecular complexity index is 1070. The highest BCUT2D eigenvalue weighted by atomic mass is 32.1. The molecule has 1 amide bonds. The minimum atomic E-state index is -0.0103. The van der Waals surface area contributed by atoms with Crippen molar-refractivity contribution in [1.29, 1.82) is 0 Å². The summed E-state index contributed by atoms with van der Waals surface area (Å²) in [6, 6.07) is 19.9. The number of thiazole rings is 1. The number of hydrogen-bond acceptors (Lipinski definition) is 4. The zero-order valence-electron chi connectivity index (χ0n) is 15.0. The van der Waals surface area contributed by atoms with Gasteiger partial charge in [0.1, 0.15) is 5.01 Å². The van der Waals surface area contributed by atoms with Gasteiger partial charge in [-0.2, -0.15) is 0 Å². The highest BCUT2D eigenvalue weighted by molar-refractivity contribution is 7.21. The third-order valence-corrected chi connectivity index (χ3v) is 5.36. The molecule has 0 aliphatic carbocycles. The Morgan fingerprint density at radius 3 is 2.70 bits per heavy atom. The maximum Gasteiger partial charge on any atom is 0.224 e. The second-order valence-electron chi connectivity index (χ2n) is 6.44. The summed E-state index contributed by atoms with van der Waals surface area (Å²) < 4.78 is 1.19. The summed E-state index contributed by atoms with van der Waals surface area (Å²) >= 11 is 1.68. The van der Waals surface area contributed by atoms with Crippen LogP contribution in [0, 0.1) is 6.92 Å². The van der Waals surface area contributed by atoms with E-state index in [1.807, 2.05) is 42.5 Å². The van der Waals surface area contributed by atoms with E-state index in [1.54, 1.807) is 17.5 Å². The fourth-order valence-corrected chi connectivity index (χ4v) is 3.93. The topological polar surface area (TPSA) is 54.9 Å². The first-order chi connectivity index (χ1) is 13.2. The van der Waals surface area contributed by atoms with Crippen molar-refractivity contribution in [3.05, 3.63) is 78.1 Å². The normalized spacial score (nSPS) is 10.9. The van der Waals surface area contributed by atoms with Crippen LogP contribution in [0.15, 0.2) is 66.9 Å². The average Bonchev–Trinajstić information content (AvgIpc) is 3.11. The summed E-state index contributed by atoms with van der Waals surface area (Å²) in [5.74, 6) is -0.0103. The first-order valence-electron chi connectivity index (χ1n) is 8.85. The van der Waals surface area contributed by atoms with Crippen molar-refractivity contribution in [3.8, 4) is 10.6 Å². The van der Waals surface area contributed by atoms with Crippen LogP contribution >= 0.6 is 11.3 Å². The number of benzene rings is 2. The Hall–Kier alpha value is -3.05. The molecule has 2 heterocycles. The highest BCUT2D eigenvalue weighted by Crippen LogP contribution is 2.31. The van der Waals surface area contributed by atoms with E-state index in [0.29, 0.717) is 12.8 Å². The van der Waals surface area contributed by atoms with Crippen LogP contribution in [0.2, 0.25) is 0 Å². The number of amides is 1. The van der Waals surface area contributed by atoms with Crippen LogP contribution in [0.1, 0.15) is 17.7 Å². The summed E-state index contributed by atoms with van der Waals surface area (Å²) in [5, 5.41) is 3.93. The van der Waals surface area contributed by atoms with Crippen molar-refractivity contribution in [2.45, 2.75) is 19.8 Å². The average molecular weight is 373 g/mol. The molecule has 0 saturated carbocycles. The number of rotatable bonds is 5. The number of aryl methyl sites for hydroxylation is 2. The monoisotopic (exact) mass is 373 g/mol. The number of nitrogens with one attached hydrogen (secondary N) is 1. The second-order valence-corrected chi connectivity index (χ2v) is 7.47. The van der Waals surface area contributed by atoms with Gasteiger partial charge in [-0.1, -0.05) is 12.1 Å². The van der Waals surface area contributed by atoms with Gasteiger partial charge in [0, 0.05) is 29.6 Å². The molecule has 0 aliphatic rings. The molecule has 134 valence electrons. The molecule has 4 aromatic rings. The Morgan fingerprint density at radius 1 is 1.07 bits per heavy atom. The zero-order chi connectivity index (χ0) is 18.6. The lowest BCUT2D eigenvalue weighted by atomic mass is 10.2. The van der Waals surface area contributed by atoms with Gasteiger partial charge in [0.15, 0.2) is 0 Å². The number of anilines is 1. The molecule has 0 atom stereocenters. The molecule has 2 aromatic carbocycles. The maximum absolute atomic E-state index is 12.1. The molecule has 2 aromatic heterocycles. The highest BCUT2D eigenvalue weighted by Gasteiger charge is 2.08. The third kappa shape index (κ3) is 4.20. The predicted octanol–water partition coefficient (Wildman–Crippen LogP) is 5.24. The number of carbonyl (C=O) groups excluding carboxylic acids is 1. The Balaban J connectivity index is 1.41. The standard InChI is InChI=1S/C22H19N3OS/c1-15-5-11-19-20(14-15)27-22(25-19)16-6-8-18(9-7-16)24-21(26)12-10-17-4-2-3-13-23-17/h2-9,11,13-14H,10,12H2,1H3,(H,24,26). The first kappa shape index (κ1) is 17.4. The molecule has 0 unspecified atom stereocenters. The smallest absolute Gasteiger partial charge is 0.224 e. The summed E-state index contributed by atoms with van der Waals surface area (Å²) in [4.78, 5) is 21.1. The van der Waals surface area contributed by atoms with Crippen LogP contribution in [-0.2, 0) is 11.2 Å². The Labute approximate surface area is 161 Å². The van der Waals surface area contributed by atoms with Crippen LogP contribution in [0.25, 0.3) is 20.8 Å². The molecule has 1 N–H and O–H groups in total. The summed E-state index contributed by atoms with van der Waals surface area (Å²) in [5.41, 5.74) is 5.03. The van der Waals surface area contributed by atoms with Crippen LogP contribution in [-0.4, -0.2) is 15.9 Å². The van der Waals surface area contributed by atoms with E-state index in [-0.39, 0.29) is 5.91 Å². The van der Waals surface area contributed by atoms with Gasteiger partial charge < -0.3 is 5.32 Å². The molecule has 4 rings (SSSR count). The fraction of sp³-hybridized carbons (Fsp3) is 0.136. The SMILES string of the molecule is Cc1ccc2nc(-c3ccc(NC(=O)CCc4ccccn4)cc3)sc2c1. The van der Waals surface area contributed by atoms with E-state index in [4.69, 9.17) is 4.98 Å². The van der Waals surface area contributed by atoms with Crippen molar-refractivity contribution < 1.29 is 4.79 Å². The van der Waals surface area contributed by atoms with Crippen LogP contribution in [0.3, 0.4) is 0 Å². The summed E-state index contributed by atoms with van der Waals surface area (Å²) in [6.07, 6.45) is 2.79. The van der Waals surface area contributed by atoms with Gasteiger partial charge in [-0.25, -0.2) is 4.98 Å². The molecule has 5 heteroatoms. The maximum atomic E-state index is 12.1. The van der Waals surface area contributed by atoms with Gasteiger partial charge >= 0.3 is 0 Å². The van der Waals surface area contributed by atoms with E-state index in [9.17, 15) is 4.79 Å². The van der Waals surface area contributed by atoms with E-state index in [2.05, 4.69) is 35.4 Å². The predicted molar refractivity (Wildman–Crippen MR) is 111 cm³/mol. The van der Waals surface area contributed by atoms with Gasteiger partial charge in [-0.3, -0.25) is 9.78 Å². The van der Waals surface area contributed by atoms with Crippen molar-refractivity contribution in [2.75, 3.05) is 5.32 Å². The largest absolute Gasteiger partial charge is 0.326 e.